The second-order valence-corrected chi connectivity index (χ2v) is 7.11. The van der Waals surface area contributed by atoms with Gasteiger partial charge in [-0.15, -0.1) is 0 Å². The molecule has 1 aromatic heterocycles. The molecule has 3 rings (SSSR count). The van der Waals surface area contributed by atoms with Crippen LogP contribution in [0.4, 0.5) is 0 Å². The van der Waals surface area contributed by atoms with Crippen molar-refractivity contribution in [1.29, 1.82) is 0 Å². The van der Waals surface area contributed by atoms with Crippen molar-refractivity contribution in [1.82, 2.24) is 14.8 Å². The third-order valence-corrected chi connectivity index (χ3v) is 5.39. The van der Waals surface area contributed by atoms with Crippen LogP contribution in [0.15, 0.2) is 24.5 Å². The summed E-state index contributed by atoms with van der Waals surface area (Å²) in [5.41, 5.74) is 1.42. The van der Waals surface area contributed by atoms with Crippen LogP contribution in [0, 0.1) is 5.92 Å². The van der Waals surface area contributed by atoms with Crippen LogP contribution in [0.3, 0.4) is 0 Å². The van der Waals surface area contributed by atoms with E-state index in [2.05, 4.69) is 26.9 Å². The molecule has 0 unspecified atom stereocenters. The normalized spacial score (nSPS) is 22.5. The molecule has 0 N–H and O–H groups in total. The van der Waals surface area contributed by atoms with Crippen molar-refractivity contribution in [3.63, 3.8) is 0 Å². The fourth-order valence-electron chi connectivity index (χ4n) is 3.91. The number of piperidine rings is 1. The molecular weight excluding hydrogens is 270 g/mol. The van der Waals surface area contributed by atoms with E-state index in [1.807, 2.05) is 12.4 Å². The number of aromatic nitrogens is 1. The maximum absolute atomic E-state index is 4.09. The second-order valence-electron chi connectivity index (χ2n) is 7.11. The Morgan fingerprint density at radius 1 is 0.864 bits per heavy atom. The maximum atomic E-state index is 4.09. The third-order valence-electron chi connectivity index (χ3n) is 5.39. The largest absolute Gasteiger partial charge is 0.303 e. The Morgan fingerprint density at radius 3 is 2.23 bits per heavy atom. The van der Waals surface area contributed by atoms with E-state index in [1.165, 1.54) is 89.8 Å². The van der Waals surface area contributed by atoms with Crippen LogP contribution in [0.1, 0.15) is 44.1 Å². The second kappa shape index (κ2) is 8.64. The van der Waals surface area contributed by atoms with Gasteiger partial charge in [-0.2, -0.15) is 0 Å². The van der Waals surface area contributed by atoms with Crippen LogP contribution in [-0.4, -0.2) is 54.1 Å². The minimum atomic E-state index is 0.940. The molecule has 0 spiro atoms. The molecule has 2 aliphatic heterocycles. The first-order valence-corrected chi connectivity index (χ1v) is 9.24. The Balaban J connectivity index is 1.35. The summed E-state index contributed by atoms with van der Waals surface area (Å²) in [6.45, 7) is 7.86. The van der Waals surface area contributed by atoms with Gasteiger partial charge >= 0.3 is 0 Å². The van der Waals surface area contributed by atoms with Crippen LogP contribution in [0.5, 0.6) is 0 Å². The monoisotopic (exact) mass is 301 g/mol. The zero-order valence-corrected chi connectivity index (χ0v) is 13.9. The van der Waals surface area contributed by atoms with Crippen molar-refractivity contribution in [2.45, 2.75) is 44.9 Å². The lowest BCUT2D eigenvalue weighted by Crippen LogP contribution is -2.39. The maximum Gasteiger partial charge on any atom is 0.0270 e. The summed E-state index contributed by atoms with van der Waals surface area (Å²) < 4.78 is 0. The number of nitrogens with zero attached hydrogens (tertiary/aromatic N) is 3. The first-order chi connectivity index (χ1) is 10.9. The molecule has 0 aliphatic carbocycles. The van der Waals surface area contributed by atoms with E-state index in [4.69, 9.17) is 0 Å². The van der Waals surface area contributed by atoms with Crippen molar-refractivity contribution >= 4 is 0 Å². The van der Waals surface area contributed by atoms with Gasteiger partial charge in [0.2, 0.25) is 0 Å². The van der Waals surface area contributed by atoms with E-state index in [0.29, 0.717) is 0 Å². The Morgan fingerprint density at radius 2 is 1.55 bits per heavy atom. The molecule has 2 fully saturated rings. The van der Waals surface area contributed by atoms with Gasteiger partial charge in [0, 0.05) is 25.5 Å². The molecular formula is C19H31N3. The molecule has 2 saturated heterocycles. The number of likely N-dealkylation sites (tertiary alicyclic amines) is 2. The lowest BCUT2D eigenvalue weighted by Gasteiger charge is -2.34. The van der Waals surface area contributed by atoms with Gasteiger partial charge in [-0.3, -0.25) is 4.98 Å². The number of rotatable bonds is 5. The fraction of sp³-hybridized carbons (Fsp3) is 0.737. The molecule has 3 heteroatoms. The summed E-state index contributed by atoms with van der Waals surface area (Å²) in [5.74, 6) is 0.940. The predicted octanol–water partition coefficient (Wildman–Crippen LogP) is 3.21. The topological polar surface area (TPSA) is 19.4 Å². The van der Waals surface area contributed by atoms with Crippen LogP contribution < -0.4 is 0 Å². The van der Waals surface area contributed by atoms with E-state index in [-0.39, 0.29) is 0 Å². The van der Waals surface area contributed by atoms with E-state index >= 15 is 0 Å². The molecule has 22 heavy (non-hydrogen) atoms. The van der Waals surface area contributed by atoms with Gasteiger partial charge in [0.1, 0.15) is 0 Å². The Bertz CT molecular complexity index is 404. The summed E-state index contributed by atoms with van der Waals surface area (Å²) in [6.07, 6.45) is 13.5. The van der Waals surface area contributed by atoms with Crippen molar-refractivity contribution in [2.24, 2.45) is 5.92 Å². The fourth-order valence-corrected chi connectivity index (χ4v) is 3.91. The molecule has 3 heterocycles. The van der Waals surface area contributed by atoms with E-state index < -0.39 is 0 Å². The van der Waals surface area contributed by atoms with Gasteiger partial charge in [0.15, 0.2) is 0 Å². The predicted molar refractivity (Wildman–Crippen MR) is 92.0 cm³/mol. The first kappa shape index (κ1) is 15.9. The third kappa shape index (κ3) is 5.06. The minimum absolute atomic E-state index is 0.940. The molecule has 0 aromatic carbocycles. The van der Waals surface area contributed by atoms with Gasteiger partial charge in [-0.05, 0) is 81.9 Å². The van der Waals surface area contributed by atoms with Crippen LogP contribution in [0.2, 0.25) is 0 Å². The molecule has 0 amide bonds. The van der Waals surface area contributed by atoms with Crippen molar-refractivity contribution in [2.75, 3.05) is 39.3 Å². The lowest BCUT2D eigenvalue weighted by atomic mass is 9.95. The Kier molecular flexibility index (Phi) is 6.26. The van der Waals surface area contributed by atoms with Gasteiger partial charge < -0.3 is 9.80 Å². The summed E-state index contributed by atoms with van der Waals surface area (Å²) in [6, 6.07) is 4.29. The van der Waals surface area contributed by atoms with E-state index in [9.17, 15) is 0 Å². The van der Waals surface area contributed by atoms with Crippen molar-refractivity contribution < 1.29 is 0 Å². The molecule has 0 bridgehead atoms. The average Bonchev–Trinajstić information content (AvgIpc) is 2.84. The summed E-state index contributed by atoms with van der Waals surface area (Å²) in [4.78, 5) is 9.49. The molecule has 0 atom stereocenters. The molecule has 122 valence electrons. The van der Waals surface area contributed by atoms with Crippen molar-refractivity contribution in [3.8, 4) is 0 Å². The zero-order chi connectivity index (χ0) is 15.0. The van der Waals surface area contributed by atoms with Gasteiger partial charge in [0.05, 0.1) is 0 Å². The van der Waals surface area contributed by atoms with Crippen molar-refractivity contribution in [3.05, 3.63) is 30.1 Å². The molecule has 2 aliphatic rings. The highest BCUT2D eigenvalue weighted by Crippen LogP contribution is 2.20. The number of hydrogen-bond donors (Lipinski definition) is 0. The first-order valence-electron chi connectivity index (χ1n) is 9.24. The Hall–Kier alpha value is -0.930. The molecule has 3 nitrogen and oxygen atoms in total. The number of pyridine rings is 1. The zero-order valence-electron chi connectivity index (χ0n) is 13.9. The smallest absolute Gasteiger partial charge is 0.0270 e. The Labute approximate surface area is 135 Å². The standard InChI is InChI=1S/C19H31N3/c1-2-4-13-22(12-3-1)17-19-8-15-21(16-9-19)14-7-18-5-10-20-11-6-18/h5-6,10-11,19H,1-4,7-9,12-17H2. The van der Waals surface area contributed by atoms with E-state index in [1.54, 1.807) is 0 Å². The highest BCUT2D eigenvalue weighted by Gasteiger charge is 2.21. The quantitative estimate of drug-likeness (QED) is 0.832. The molecule has 0 radical (unpaired) electrons. The summed E-state index contributed by atoms with van der Waals surface area (Å²) >= 11 is 0. The van der Waals surface area contributed by atoms with Crippen LogP contribution >= 0.6 is 0 Å². The summed E-state index contributed by atoms with van der Waals surface area (Å²) in [7, 11) is 0. The van der Waals surface area contributed by atoms with Gasteiger partial charge in [0.25, 0.3) is 0 Å². The minimum Gasteiger partial charge on any atom is -0.303 e. The number of hydrogen-bond acceptors (Lipinski definition) is 3. The van der Waals surface area contributed by atoms with E-state index in [0.717, 1.165) is 5.92 Å². The van der Waals surface area contributed by atoms with Crippen LogP contribution in [0.25, 0.3) is 0 Å². The average molecular weight is 301 g/mol. The molecule has 0 saturated carbocycles. The SMILES string of the molecule is c1cc(CCN2CCC(CN3CCCCCC3)CC2)ccn1. The summed E-state index contributed by atoms with van der Waals surface area (Å²) in [5, 5.41) is 0. The van der Waals surface area contributed by atoms with Gasteiger partial charge in [-0.25, -0.2) is 0 Å². The van der Waals surface area contributed by atoms with Gasteiger partial charge in [-0.1, -0.05) is 12.8 Å². The van der Waals surface area contributed by atoms with Crippen LogP contribution in [-0.2, 0) is 6.42 Å². The lowest BCUT2D eigenvalue weighted by molar-refractivity contribution is 0.146. The molecule has 1 aromatic rings. The highest BCUT2D eigenvalue weighted by atomic mass is 15.1. The highest BCUT2D eigenvalue weighted by molar-refractivity contribution is 5.09.